The van der Waals surface area contributed by atoms with Gasteiger partial charge in [-0.2, -0.15) is 0 Å². The van der Waals surface area contributed by atoms with Crippen molar-refractivity contribution < 1.29 is 19.0 Å². The highest BCUT2D eigenvalue weighted by atomic mass is 35.5. The minimum atomic E-state index is -0.667. The smallest absolute Gasteiger partial charge is 0.347 e. The first-order valence-electron chi connectivity index (χ1n) is 6.35. The molecule has 1 aliphatic rings. The first-order chi connectivity index (χ1) is 9.15. The normalized spacial score (nSPS) is 20.0. The molecule has 1 aliphatic heterocycles. The lowest BCUT2D eigenvalue weighted by Crippen LogP contribution is -2.29. The van der Waals surface area contributed by atoms with E-state index in [-0.39, 0.29) is 6.10 Å². The van der Waals surface area contributed by atoms with Crippen LogP contribution in [0.3, 0.4) is 0 Å². The van der Waals surface area contributed by atoms with Gasteiger partial charge in [0.2, 0.25) is 0 Å². The summed E-state index contributed by atoms with van der Waals surface area (Å²) in [5.74, 6) is 0.157. The maximum absolute atomic E-state index is 11.8. The van der Waals surface area contributed by atoms with Gasteiger partial charge in [-0.05, 0) is 38.0 Å². The molecule has 1 aromatic rings. The fraction of sp³-hybridized carbons (Fsp3) is 0.500. The summed E-state index contributed by atoms with van der Waals surface area (Å²) < 4.78 is 16.0. The Hall–Kier alpha value is -1.26. The van der Waals surface area contributed by atoms with E-state index in [2.05, 4.69) is 0 Å². The summed E-state index contributed by atoms with van der Waals surface area (Å²) in [6, 6.07) is 6.91. The van der Waals surface area contributed by atoms with Crippen molar-refractivity contribution in [2.24, 2.45) is 0 Å². The van der Waals surface area contributed by atoms with Gasteiger partial charge in [0.05, 0.1) is 6.10 Å². The number of carbonyl (C=O) groups is 1. The molecule has 1 saturated heterocycles. The number of carbonyl (C=O) groups excluding carboxylic acids is 1. The number of ether oxygens (including phenoxy) is 3. The molecule has 0 radical (unpaired) electrons. The predicted molar refractivity (Wildman–Crippen MR) is 71.5 cm³/mol. The second-order valence-electron chi connectivity index (χ2n) is 4.48. The molecule has 0 N–H and O–H groups in total. The number of hydrogen-bond donors (Lipinski definition) is 0. The minimum absolute atomic E-state index is 0.0299. The molecule has 2 rings (SSSR count). The van der Waals surface area contributed by atoms with Crippen molar-refractivity contribution in [3.63, 3.8) is 0 Å². The highest BCUT2D eigenvalue weighted by Gasteiger charge is 2.21. The molecular formula is C14H17ClO4. The van der Waals surface area contributed by atoms with E-state index in [4.69, 9.17) is 25.8 Å². The Kier molecular flexibility index (Phi) is 5.05. The number of hydrogen-bond acceptors (Lipinski definition) is 4. The molecule has 4 nitrogen and oxygen atoms in total. The number of rotatable bonds is 5. The number of halogens is 1. The monoisotopic (exact) mass is 284 g/mol. The van der Waals surface area contributed by atoms with Gasteiger partial charge < -0.3 is 14.2 Å². The summed E-state index contributed by atoms with van der Waals surface area (Å²) >= 11 is 5.84. The van der Waals surface area contributed by atoms with Crippen LogP contribution in [0.5, 0.6) is 5.75 Å². The third-order valence-corrected chi connectivity index (χ3v) is 3.11. The Morgan fingerprint density at radius 3 is 3.11 bits per heavy atom. The first kappa shape index (κ1) is 14.2. The largest absolute Gasteiger partial charge is 0.479 e. The van der Waals surface area contributed by atoms with E-state index in [1.54, 1.807) is 31.2 Å². The van der Waals surface area contributed by atoms with E-state index in [9.17, 15) is 4.79 Å². The fourth-order valence-electron chi connectivity index (χ4n) is 1.86. The van der Waals surface area contributed by atoms with Crippen LogP contribution in [0.15, 0.2) is 24.3 Å². The maximum Gasteiger partial charge on any atom is 0.347 e. The zero-order chi connectivity index (χ0) is 13.7. The van der Waals surface area contributed by atoms with E-state index in [1.807, 2.05) is 0 Å². The summed E-state index contributed by atoms with van der Waals surface area (Å²) in [5.41, 5.74) is 0. The summed E-state index contributed by atoms with van der Waals surface area (Å²) in [6.45, 7) is 2.69. The molecule has 5 heteroatoms. The summed E-state index contributed by atoms with van der Waals surface area (Å²) in [6.07, 6.45) is 1.33. The van der Waals surface area contributed by atoms with E-state index in [0.717, 1.165) is 19.4 Å². The van der Waals surface area contributed by atoms with Gasteiger partial charge in [0.1, 0.15) is 12.4 Å². The van der Waals surface area contributed by atoms with Crippen LogP contribution in [0.1, 0.15) is 19.8 Å². The van der Waals surface area contributed by atoms with Crippen LogP contribution in [0.4, 0.5) is 0 Å². The molecule has 1 fully saturated rings. The summed E-state index contributed by atoms with van der Waals surface area (Å²) in [4.78, 5) is 11.8. The molecule has 104 valence electrons. The van der Waals surface area contributed by atoms with Crippen molar-refractivity contribution in [2.75, 3.05) is 13.2 Å². The fourth-order valence-corrected chi connectivity index (χ4v) is 2.04. The standard InChI is InChI=1S/C14H17ClO4/c1-10(19-12-5-2-4-11(15)8-12)14(16)18-9-13-6-3-7-17-13/h2,4-5,8,10,13H,3,6-7,9H2,1H3. The Bertz CT molecular complexity index is 429. The van der Waals surface area contributed by atoms with Gasteiger partial charge >= 0.3 is 5.97 Å². The van der Waals surface area contributed by atoms with Crippen molar-refractivity contribution in [3.8, 4) is 5.75 Å². The molecule has 0 saturated carbocycles. The van der Waals surface area contributed by atoms with Crippen LogP contribution in [-0.2, 0) is 14.3 Å². The van der Waals surface area contributed by atoms with Gasteiger partial charge in [0.15, 0.2) is 6.10 Å². The molecule has 0 aromatic heterocycles. The van der Waals surface area contributed by atoms with E-state index < -0.39 is 12.1 Å². The van der Waals surface area contributed by atoms with Crippen molar-refractivity contribution in [1.82, 2.24) is 0 Å². The van der Waals surface area contributed by atoms with E-state index >= 15 is 0 Å². The Balaban J connectivity index is 1.78. The average molecular weight is 285 g/mol. The SMILES string of the molecule is CC(Oc1cccc(Cl)c1)C(=O)OCC1CCCO1. The zero-order valence-corrected chi connectivity index (χ0v) is 11.6. The molecule has 1 heterocycles. The van der Waals surface area contributed by atoms with E-state index in [1.165, 1.54) is 0 Å². The van der Waals surface area contributed by atoms with Crippen molar-refractivity contribution >= 4 is 17.6 Å². The van der Waals surface area contributed by atoms with Gasteiger partial charge in [-0.25, -0.2) is 4.79 Å². The average Bonchev–Trinajstić information content (AvgIpc) is 2.89. The third kappa shape index (κ3) is 4.40. The molecule has 0 spiro atoms. The van der Waals surface area contributed by atoms with Crippen LogP contribution >= 0.6 is 11.6 Å². The van der Waals surface area contributed by atoms with Crippen molar-refractivity contribution in [1.29, 1.82) is 0 Å². The number of benzene rings is 1. The van der Waals surface area contributed by atoms with Gasteiger partial charge in [0.25, 0.3) is 0 Å². The van der Waals surface area contributed by atoms with Crippen LogP contribution in [0.2, 0.25) is 5.02 Å². The maximum atomic E-state index is 11.8. The number of esters is 1. The molecular weight excluding hydrogens is 268 g/mol. The highest BCUT2D eigenvalue weighted by Crippen LogP contribution is 2.19. The van der Waals surface area contributed by atoms with Gasteiger partial charge in [0, 0.05) is 11.6 Å². The van der Waals surface area contributed by atoms with Crippen LogP contribution in [0, 0.1) is 0 Å². The van der Waals surface area contributed by atoms with Crippen LogP contribution in [-0.4, -0.2) is 31.4 Å². The first-order valence-corrected chi connectivity index (χ1v) is 6.73. The lowest BCUT2D eigenvalue weighted by atomic mass is 10.2. The second-order valence-corrected chi connectivity index (χ2v) is 4.92. The minimum Gasteiger partial charge on any atom is -0.479 e. The Morgan fingerprint density at radius 1 is 1.58 bits per heavy atom. The molecule has 2 unspecified atom stereocenters. The quantitative estimate of drug-likeness (QED) is 0.780. The second kappa shape index (κ2) is 6.78. The van der Waals surface area contributed by atoms with Gasteiger partial charge in [-0.3, -0.25) is 0 Å². The molecule has 2 atom stereocenters. The Labute approximate surface area is 117 Å². The lowest BCUT2D eigenvalue weighted by molar-refractivity contribution is -0.154. The van der Waals surface area contributed by atoms with Crippen molar-refractivity contribution in [2.45, 2.75) is 32.0 Å². The van der Waals surface area contributed by atoms with Crippen molar-refractivity contribution in [3.05, 3.63) is 29.3 Å². The Morgan fingerprint density at radius 2 is 2.42 bits per heavy atom. The molecule has 0 bridgehead atoms. The zero-order valence-electron chi connectivity index (χ0n) is 10.8. The van der Waals surface area contributed by atoms with Crippen LogP contribution in [0.25, 0.3) is 0 Å². The van der Waals surface area contributed by atoms with Gasteiger partial charge in [-0.1, -0.05) is 17.7 Å². The van der Waals surface area contributed by atoms with Gasteiger partial charge in [-0.15, -0.1) is 0 Å². The lowest BCUT2D eigenvalue weighted by Gasteiger charge is -2.15. The predicted octanol–water partition coefficient (Wildman–Crippen LogP) is 2.83. The topological polar surface area (TPSA) is 44.8 Å². The van der Waals surface area contributed by atoms with E-state index in [0.29, 0.717) is 17.4 Å². The van der Waals surface area contributed by atoms with Crippen LogP contribution < -0.4 is 4.74 Å². The third-order valence-electron chi connectivity index (χ3n) is 2.88. The molecule has 1 aromatic carbocycles. The summed E-state index contributed by atoms with van der Waals surface area (Å²) in [7, 11) is 0. The molecule has 0 aliphatic carbocycles. The molecule has 0 amide bonds. The highest BCUT2D eigenvalue weighted by molar-refractivity contribution is 6.30. The molecule has 19 heavy (non-hydrogen) atoms. The summed E-state index contributed by atoms with van der Waals surface area (Å²) in [5, 5.41) is 0.567.